The Kier molecular flexibility index (Phi) is 3.62. The number of rotatable bonds is 3. The fourth-order valence-electron chi connectivity index (χ4n) is 2.54. The van der Waals surface area contributed by atoms with Crippen molar-refractivity contribution in [3.05, 3.63) is 54.1 Å². The molecule has 0 saturated carbocycles. The lowest BCUT2D eigenvalue weighted by Gasteiger charge is -2.26. The molecule has 1 saturated heterocycles. The number of hydrogen-bond donors (Lipinski definition) is 1. The van der Waals surface area contributed by atoms with Gasteiger partial charge in [0.25, 0.3) is 0 Å². The van der Waals surface area contributed by atoms with Gasteiger partial charge < -0.3 is 14.6 Å². The zero-order valence-corrected chi connectivity index (χ0v) is 11.1. The molecule has 2 unspecified atom stereocenters. The van der Waals surface area contributed by atoms with E-state index in [-0.39, 0.29) is 12.1 Å². The topological polar surface area (TPSA) is 39.1 Å². The van der Waals surface area contributed by atoms with Gasteiger partial charge in [0, 0.05) is 13.1 Å². The van der Waals surface area contributed by atoms with Crippen molar-refractivity contribution in [2.75, 3.05) is 19.7 Å². The molecule has 0 bridgehead atoms. The molecule has 0 aliphatic carbocycles. The van der Waals surface area contributed by atoms with Crippen molar-refractivity contribution >= 4 is 0 Å². The number of hydrogen-bond acceptors (Lipinski definition) is 3. The van der Waals surface area contributed by atoms with E-state index in [4.69, 9.17) is 4.74 Å². The van der Waals surface area contributed by atoms with Gasteiger partial charge in [0.2, 0.25) is 0 Å². The zero-order chi connectivity index (χ0) is 13.1. The van der Waals surface area contributed by atoms with Crippen molar-refractivity contribution in [1.29, 1.82) is 0 Å². The first-order chi connectivity index (χ1) is 9.36. The first-order valence-corrected chi connectivity index (χ1v) is 6.75. The summed E-state index contributed by atoms with van der Waals surface area (Å²) < 4.78 is 8.03. The van der Waals surface area contributed by atoms with Gasteiger partial charge in [-0.05, 0) is 12.5 Å². The van der Waals surface area contributed by atoms with E-state index in [1.54, 1.807) is 0 Å². The third kappa shape index (κ3) is 2.55. The van der Waals surface area contributed by atoms with Gasteiger partial charge >= 0.3 is 0 Å². The van der Waals surface area contributed by atoms with Crippen LogP contribution in [0, 0.1) is 0 Å². The van der Waals surface area contributed by atoms with Crippen LogP contribution in [0.3, 0.4) is 0 Å². The zero-order valence-electron chi connectivity index (χ0n) is 11.1. The Bertz CT molecular complexity index is 517. The average molecular weight is 257 g/mol. The van der Waals surface area contributed by atoms with E-state index in [2.05, 4.69) is 46.1 Å². The molecule has 2 heterocycles. The van der Waals surface area contributed by atoms with Crippen molar-refractivity contribution in [1.82, 2.24) is 14.9 Å². The summed E-state index contributed by atoms with van der Waals surface area (Å²) in [6, 6.07) is 10.7. The molecule has 1 aromatic heterocycles. The van der Waals surface area contributed by atoms with Crippen LogP contribution >= 0.6 is 0 Å². The lowest BCUT2D eigenvalue weighted by molar-refractivity contribution is 0.0224. The third-order valence-corrected chi connectivity index (χ3v) is 3.65. The molecule has 2 atom stereocenters. The van der Waals surface area contributed by atoms with Crippen LogP contribution < -0.4 is 5.32 Å². The Balaban J connectivity index is 1.87. The smallest absolute Gasteiger partial charge is 0.111 e. The quantitative estimate of drug-likeness (QED) is 0.915. The van der Waals surface area contributed by atoms with E-state index in [0.717, 1.165) is 25.4 Å². The van der Waals surface area contributed by atoms with Crippen molar-refractivity contribution in [2.24, 2.45) is 0 Å². The standard InChI is InChI=1S/C15H19N3O/c1-12(13-5-3-2-4-6-13)18-11-17-9-14(18)15-10-16-7-8-19-15/h2-6,9,11-12,15-16H,7-8,10H2,1H3. The van der Waals surface area contributed by atoms with Crippen LogP contribution in [0.15, 0.2) is 42.9 Å². The van der Waals surface area contributed by atoms with Gasteiger partial charge in [0.1, 0.15) is 6.10 Å². The van der Waals surface area contributed by atoms with Crippen molar-refractivity contribution in [3.63, 3.8) is 0 Å². The molecule has 100 valence electrons. The van der Waals surface area contributed by atoms with Crippen molar-refractivity contribution in [2.45, 2.75) is 19.1 Å². The largest absolute Gasteiger partial charge is 0.369 e. The number of benzene rings is 1. The molecule has 0 amide bonds. The molecule has 0 radical (unpaired) electrons. The van der Waals surface area contributed by atoms with Gasteiger partial charge in [-0.25, -0.2) is 4.98 Å². The molecular formula is C15H19N3O. The lowest BCUT2D eigenvalue weighted by atomic mass is 10.1. The van der Waals surface area contributed by atoms with E-state index < -0.39 is 0 Å². The molecule has 3 rings (SSSR count). The van der Waals surface area contributed by atoms with Crippen LogP contribution in [-0.4, -0.2) is 29.2 Å². The summed E-state index contributed by atoms with van der Waals surface area (Å²) >= 11 is 0. The van der Waals surface area contributed by atoms with Gasteiger partial charge in [-0.3, -0.25) is 0 Å². The molecule has 1 fully saturated rings. The van der Waals surface area contributed by atoms with E-state index >= 15 is 0 Å². The van der Waals surface area contributed by atoms with E-state index in [0.29, 0.717) is 0 Å². The maximum Gasteiger partial charge on any atom is 0.111 e. The maximum absolute atomic E-state index is 5.83. The van der Waals surface area contributed by atoms with Gasteiger partial charge in [-0.15, -0.1) is 0 Å². The third-order valence-electron chi connectivity index (χ3n) is 3.65. The Hall–Kier alpha value is -1.65. The van der Waals surface area contributed by atoms with Gasteiger partial charge in [-0.2, -0.15) is 0 Å². The Morgan fingerprint density at radius 1 is 1.37 bits per heavy atom. The van der Waals surface area contributed by atoms with Gasteiger partial charge in [0.15, 0.2) is 0 Å². The Morgan fingerprint density at radius 2 is 2.21 bits per heavy atom. The molecule has 1 aromatic carbocycles. The van der Waals surface area contributed by atoms with E-state index in [9.17, 15) is 0 Å². The predicted octanol–water partition coefficient (Wildman–Crippen LogP) is 2.15. The highest BCUT2D eigenvalue weighted by Crippen LogP contribution is 2.25. The number of nitrogens with zero attached hydrogens (tertiary/aromatic N) is 2. The lowest BCUT2D eigenvalue weighted by Crippen LogP contribution is -2.34. The summed E-state index contributed by atoms with van der Waals surface area (Å²) in [4.78, 5) is 4.30. The summed E-state index contributed by atoms with van der Waals surface area (Å²) in [5, 5.41) is 3.36. The fourth-order valence-corrected chi connectivity index (χ4v) is 2.54. The summed E-state index contributed by atoms with van der Waals surface area (Å²) in [6.45, 7) is 4.73. The van der Waals surface area contributed by atoms with Crippen molar-refractivity contribution in [3.8, 4) is 0 Å². The molecule has 1 aliphatic heterocycles. The monoisotopic (exact) mass is 257 g/mol. The van der Waals surface area contributed by atoms with Crippen LogP contribution in [0.2, 0.25) is 0 Å². The van der Waals surface area contributed by atoms with E-state index in [1.807, 2.05) is 18.6 Å². The highest BCUT2D eigenvalue weighted by atomic mass is 16.5. The molecule has 4 heteroatoms. The number of aromatic nitrogens is 2. The first kappa shape index (κ1) is 12.4. The Morgan fingerprint density at radius 3 is 2.95 bits per heavy atom. The average Bonchev–Trinajstić information content (AvgIpc) is 2.98. The van der Waals surface area contributed by atoms with Crippen LogP contribution in [0.4, 0.5) is 0 Å². The number of nitrogens with one attached hydrogen (secondary N) is 1. The highest BCUT2D eigenvalue weighted by Gasteiger charge is 2.21. The molecule has 4 nitrogen and oxygen atoms in total. The van der Waals surface area contributed by atoms with Gasteiger partial charge in [0.05, 0.1) is 30.9 Å². The molecule has 1 aliphatic rings. The minimum Gasteiger partial charge on any atom is -0.369 e. The number of imidazole rings is 1. The van der Waals surface area contributed by atoms with Crippen molar-refractivity contribution < 1.29 is 4.74 Å². The second-order valence-electron chi connectivity index (χ2n) is 4.88. The summed E-state index contributed by atoms with van der Waals surface area (Å²) in [5.41, 5.74) is 2.43. The molecule has 1 N–H and O–H groups in total. The summed E-state index contributed by atoms with van der Waals surface area (Å²) in [5.74, 6) is 0. The highest BCUT2D eigenvalue weighted by molar-refractivity contribution is 5.21. The van der Waals surface area contributed by atoms with Crippen LogP contribution in [-0.2, 0) is 4.74 Å². The SMILES string of the molecule is CC(c1ccccc1)n1cncc1C1CNCCO1. The van der Waals surface area contributed by atoms with Gasteiger partial charge in [-0.1, -0.05) is 30.3 Å². The normalized spacial score (nSPS) is 21.2. The predicted molar refractivity (Wildman–Crippen MR) is 74.0 cm³/mol. The molecular weight excluding hydrogens is 238 g/mol. The summed E-state index contributed by atoms with van der Waals surface area (Å²) in [6.07, 6.45) is 3.91. The van der Waals surface area contributed by atoms with Crippen LogP contribution in [0.1, 0.15) is 30.3 Å². The Labute approximate surface area is 113 Å². The second-order valence-corrected chi connectivity index (χ2v) is 4.88. The number of morpholine rings is 1. The second kappa shape index (κ2) is 5.55. The minimum absolute atomic E-state index is 0.0995. The molecule has 0 spiro atoms. The minimum atomic E-state index is 0.0995. The maximum atomic E-state index is 5.83. The molecule has 2 aromatic rings. The van der Waals surface area contributed by atoms with Crippen LogP contribution in [0.5, 0.6) is 0 Å². The summed E-state index contributed by atoms with van der Waals surface area (Å²) in [7, 11) is 0. The fraction of sp³-hybridized carbons (Fsp3) is 0.400. The first-order valence-electron chi connectivity index (χ1n) is 6.75. The van der Waals surface area contributed by atoms with Crippen LogP contribution in [0.25, 0.3) is 0 Å². The molecule has 19 heavy (non-hydrogen) atoms. The number of ether oxygens (including phenoxy) is 1. The van der Waals surface area contributed by atoms with E-state index in [1.165, 1.54) is 5.56 Å².